The van der Waals surface area contributed by atoms with Crippen molar-refractivity contribution in [3.05, 3.63) is 46.9 Å². The van der Waals surface area contributed by atoms with Crippen molar-refractivity contribution >= 4 is 29.3 Å². The number of halogens is 1. The maximum Gasteiger partial charge on any atom is 0.227 e. The number of carbonyl (C=O) groups excluding carboxylic acids is 1. The van der Waals surface area contributed by atoms with Gasteiger partial charge in [0.15, 0.2) is 5.96 Å². The Balaban J connectivity index is 1.90. The summed E-state index contributed by atoms with van der Waals surface area (Å²) in [5.74, 6) is 1.19. The van der Waals surface area contributed by atoms with E-state index in [9.17, 15) is 4.79 Å². The number of nitrogens with one attached hydrogen (secondary N) is 2. The van der Waals surface area contributed by atoms with E-state index in [2.05, 4.69) is 20.6 Å². The van der Waals surface area contributed by atoms with Crippen molar-refractivity contribution in [3.8, 4) is 0 Å². The predicted octanol–water partition coefficient (Wildman–Crippen LogP) is 2.81. The number of pyridine rings is 1. The summed E-state index contributed by atoms with van der Waals surface area (Å²) in [5.41, 5.74) is 2.13. The highest BCUT2D eigenvalue weighted by atomic mass is 35.5. The van der Waals surface area contributed by atoms with Crippen LogP contribution in [-0.2, 0) is 18.4 Å². The Morgan fingerprint density at radius 3 is 2.78 bits per heavy atom. The fraction of sp³-hybridized carbons (Fsp3) is 0.421. The van der Waals surface area contributed by atoms with E-state index in [1.54, 1.807) is 12.3 Å². The number of aliphatic imine (C=N–C) groups is 1. The van der Waals surface area contributed by atoms with Gasteiger partial charge in [0.05, 0.1) is 18.1 Å². The molecule has 2 aromatic heterocycles. The van der Waals surface area contributed by atoms with Gasteiger partial charge in [-0.3, -0.25) is 9.79 Å². The summed E-state index contributed by atoms with van der Waals surface area (Å²) >= 11 is 6.05. The summed E-state index contributed by atoms with van der Waals surface area (Å²) in [7, 11) is 3.92. The largest absolute Gasteiger partial charge is 0.357 e. The molecule has 0 aromatic carbocycles. The van der Waals surface area contributed by atoms with Gasteiger partial charge in [-0.05, 0) is 31.5 Å². The number of aromatic nitrogens is 2. The molecule has 8 heteroatoms. The minimum absolute atomic E-state index is 0.108. The molecule has 0 saturated carbocycles. The number of guanidine groups is 1. The first-order valence-corrected chi connectivity index (χ1v) is 9.29. The first-order valence-electron chi connectivity index (χ1n) is 8.91. The van der Waals surface area contributed by atoms with E-state index in [4.69, 9.17) is 11.6 Å². The average molecular weight is 391 g/mol. The standard InChI is InChI=1S/C19H27ClN6O/c1-5-21-19(26(4)13-16-10-15(20)12-25(16)3)22-9-8-18(27)24-17-7-6-14(2)11-23-17/h6-7,10-12H,5,8-9,13H2,1-4H3,(H,21,22)(H,23,24,27). The highest BCUT2D eigenvalue weighted by Gasteiger charge is 2.10. The quantitative estimate of drug-likeness (QED) is 0.563. The molecule has 2 N–H and O–H groups in total. The summed E-state index contributed by atoms with van der Waals surface area (Å²) in [6.07, 6.45) is 3.88. The number of aryl methyl sites for hydroxylation is 2. The second kappa shape index (κ2) is 9.97. The first-order chi connectivity index (χ1) is 12.9. The summed E-state index contributed by atoms with van der Waals surface area (Å²) in [6, 6.07) is 5.64. The van der Waals surface area contributed by atoms with Gasteiger partial charge in [-0.15, -0.1) is 0 Å². The van der Waals surface area contributed by atoms with E-state index in [1.165, 1.54) is 0 Å². The summed E-state index contributed by atoms with van der Waals surface area (Å²) < 4.78 is 1.99. The third-order valence-electron chi connectivity index (χ3n) is 3.95. The Labute approximate surface area is 165 Å². The summed E-state index contributed by atoms with van der Waals surface area (Å²) in [4.78, 5) is 22.8. The van der Waals surface area contributed by atoms with E-state index in [1.807, 2.05) is 55.7 Å². The molecule has 0 atom stereocenters. The zero-order valence-corrected chi connectivity index (χ0v) is 17.0. The van der Waals surface area contributed by atoms with Crippen LogP contribution < -0.4 is 10.6 Å². The Hall–Kier alpha value is -2.54. The highest BCUT2D eigenvalue weighted by Crippen LogP contribution is 2.14. The Morgan fingerprint density at radius 2 is 2.19 bits per heavy atom. The van der Waals surface area contributed by atoms with Crippen molar-refractivity contribution in [2.75, 3.05) is 25.5 Å². The maximum atomic E-state index is 12.1. The lowest BCUT2D eigenvalue weighted by atomic mass is 10.3. The molecule has 2 rings (SSSR count). The van der Waals surface area contributed by atoms with E-state index in [0.29, 0.717) is 23.9 Å². The van der Waals surface area contributed by atoms with Crippen molar-refractivity contribution in [1.29, 1.82) is 0 Å². The number of anilines is 1. The monoisotopic (exact) mass is 390 g/mol. The topological polar surface area (TPSA) is 74.5 Å². The molecular weight excluding hydrogens is 364 g/mol. The molecule has 1 amide bonds. The molecule has 0 bridgehead atoms. The molecule has 2 aromatic rings. The predicted molar refractivity (Wildman–Crippen MR) is 110 cm³/mol. The average Bonchev–Trinajstić information content (AvgIpc) is 2.93. The Kier molecular flexibility index (Phi) is 7.67. The highest BCUT2D eigenvalue weighted by molar-refractivity contribution is 6.30. The fourth-order valence-corrected chi connectivity index (χ4v) is 2.79. The van der Waals surface area contributed by atoms with Crippen LogP contribution in [0.15, 0.2) is 35.6 Å². The van der Waals surface area contributed by atoms with Gasteiger partial charge in [0.2, 0.25) is 5.91 Å². The molecule has 0 unspecified atom stereocenters. The van der Waals surface area contributed by atoms with Crippen LogP contribution in [0.25, 0.3) is 0 Å². The lowest BCUT2D eigenvalue weighted by Crippen LogP contribution is -2.39. The number of amides is 1. The van der Waals surface area contributed by atoms with Crippen molar-refractivity contribution < 1.29 is 4.79 Å². The van der Waals surface area contributed by atoms with Crippen LogP contribution in [-0.4, -0.2) is 46.5 Å². The molecule has 0 fully saturated rings. The van der Waals surface area contributed by atoms with Crippen LogP contribution in [0.3, 0.4) is 0 Å². The molecular formula is C19H27ClN6O. The Morgan fingerprint density at radius 1 is 1.41 bits per heavy atom. The van der Waals surface area contributed by atoms with Gasteiger partial charge in [0.1, 0.15) is 5.82 Å². The number of rotatable bonds is 7. The molecule has 0 radical (unpaired) electrons. The normalized spacial score (nSPS) is 11.4. The molecule has 146 valence electrons. The molecule has 0 aliphatic carbocycles. The van der Waals surface area contributed by atoms with Crippen LogP contribution in [0.1, 0.15) is 24.6 Å². The second-order valence-electron chi connectivity index (χ2n) is 6.37. The van der Waals surface area contributed by atoms with Gasteiger partial charge in [0, 0.05) is 45.1 Å². The zero-order chi connectivity index (χ0) is 19.8. The second-order valence-corrected chi connectivity index (χ2v) is 6.81. The summed E-state index contributed by atoms with van der Waals surface area (Å²) in [5, 5.41) is 6.74. The molecule has 0 aliphatic rings. The SMILES string of the molecule is CCNC(=NCCC(=O)Nc1ccc(C)cn1)N(C)Cc1cc(Cl)cn1C. The van der Waals surface area contributed by atoms with E-state index >= 15 is 0 Å². The molecule has 7 nitrogen and oxygen atoms in total. The van der Waals surface area contributed by atoms with E-state index in [-0.39, 0.29) is 12.3 Å². The third kappa shape index (κ3) is 6.60. The fourth-order valence-electron chi connectivity index (χ4n) is 2.52. The van der Waals surface area contributed by atoms with Crippen LogP contribution >= 0.6 is 11.6 Å². The van der Waals surface area contributed by atoms with Crippen molar-refractivity contribution in [2.24, 2.45) is 12.0 Å². The lowest BCUT2D eigenvalue weighted by Gasteiger charge is -2.22. The minimum atomic E-state index is -0.108. The van der Waals surface area contributed by atoms with Crippen LogP contribution in [0.4, 0.5) is 5.82 Å². The minimum Gasteiger partial charge on any atom is -0.357 e. The lowest BCUT2D eigenvalue weighted by molar-refractivity contribution is -0.116. The zero-order valence-electron chi connectivity index (χ0n) is 16.3. The number of hydrogen-bond donors (Lipinski definition) is 2. The van der Waals surface area contributed by atoms with E-state index < -0.39 is 0 Å². The van der Waals surface area contributed by atoms with Gasteiger partial charge in [0.25, 0.3) is 0 Å². The van der Waals surface area contributed by atoms with Gasteiger partial charge >= 0.3 is 0 Å². The van der Waals surface area contributed by atoms with Crippen LogP contribution in [0, 0.1) is 6.92 Å². The number of hydrogen-bond acceptors (Lipinski definition) is 3. The van der Waals surface area contributed by atoms with Gasteiger partial charge in [-0.25, -0.2) is 4.98 Å². The van der Waals surface area contributed by atoms with Crippen LogP contribution in [0.2, 0.25) is 5.02 Å². The maximum absolute atomic E-state index is 12.1. The Bertz CT molecular complexity index is 784. The summed E-state index contributed by atoms with van der Waals surface area (Å²) in [6.45, 7) is 5.76. The third-order valence-corrected chi connectivity index (χ3v) is 4.16. The van der Waals surface area contributed by atoms with Crippen LogP contribution in [0.5, 0.6) is 0 Å². The van der Waals surface area contributed by atoms with Gasteiger partial charge in [-0.2, -0.15) is 0 Å². The van der Waals surface area contributed by atoms with E-state index in [0.717, 1.165) is 23.8 Å². The number of carbonyl (C=O) groups is 1. The molecule has 0 spiro atoms. The molecule has 2 heterocycles. The first kappa shape index (κ1) is 20.8. The molecule has 27 heavy (non-hydrogen) atoms. The van der Waals surface area contributed by atoms with Crippen molar-refractivity contribution in [1.82, 2.24) is 19.8 Å². The van der Waals surface area contributed by atoms with Gasteiger partial charge in [-0.1, -0.05) is 17.7 Å². The molecule has 0 aliphatic heterocycles. The van der Waals surface area contributed by atoms with Gasteiger partial charge < -0.3 is 20.1 Å². The smallest absolute Gasteiger partial charge is 0.227 e. The van der Waals surface area contributed by atoms with Crippen molar-refractivity contribution in [3.63, 3.8) is 0 Å². The molecule has 0 saturated heterocycles. The number of nitrogens with zero attached hydrogens (tertiary/aromatic N) is 4. The van der Waals surface area contributed by atoms with Crippen molar-refractivity contribution in [2.45, 2.75) is 26.8 Å².